The average Bonchev–Trinajstić information content (AvgIpc) is 2.86. The van der Waals surface area contributed by atoms with Gasteiger partial charge in [-0.25, -0.2) is 4.98 Å². The number of aromatic nitrogens is 2. The van der Waals surface area contributed by atoms with Gasteiger partial charge < -0.3 is 20.5 Å². The van der Waals surface area contributed by atoms with Crippen molar-refractivity contribution in [1.82, 2.24) is 9.55 Å². The topological polar surface area (TPSA) is 84.3 Å². The highest BCUT2D eigenvalue weighted by molar-refractivity contribution is 5.81. The average molecular weight is 283 g/mol. The lowest BCUT2D eigenvalue weighted by Gasteiger charge is -2.13. The van der Waals surface area contributed by atoms with Gasteiger partial charge in [0.25, 0.3) is 0 Å². The van der Waals surface area contributed by atoms with E-state index < -0.39 is 6.10 Å². The summed E-state index contributed by atoms with van der Waals surface area (Å²) in [5.74, 6) is 0.732. The number of imidazole rings is 1. The molecule has 0 fully saturated rings. The van der Waals surface area contributed by atoms with E-state index in [1.807, 2.05) is 53.1 Å². The van der Waals surface area contributed by atoms with Crippen molar-refractivity contribution in [3.8, 4) is 11.4 Å². The van der Waals surface area contributed by atoms with E-state index in [1.165, 1.54) is 0 Å². The van der Waals surface area contributed by atoms with Gasteiger partial charge in [0.15, 0.2) is 0 Å². The van der Waals surface area contributed by atoms with Crippen molar-refractivity contribution in [2.75, 3.05) is 12.3 Å². The molecule has 1 atom stereocenters. The van der Waals surface area contributed by atoms with Crippen molar-refractivity contribution in [3.63, 3.8) is 0 Å². The summed E-state index contributed by atoms with van der Waals surface area (Å²) in [4.78, 5) is 4.63. The quantitative estimate of drug-likeness (QED) is 0.635. The molecule has 0 radical (unpaired) electrons. The molecule has 1 unspecified atom stereocenters. The minimum atomic E-state index is -0.831. The van der Waals surface area contributed by atoms with Gasteiger partial charge in [0, 0.05) is 11.3 Å². The molecule has 0 saturated carbocycles. The zero-order valence-electron chi connectivity index (χ0n) is 11.5. The molecule has 21 heavy (non-hydrogen) atoms. The number of aliphatic hydroxyl groups excluding tert-OH is 2. The predicted octanol–water partition coefficient (Wildman–Crippen LogP) is 1.64. The number of hydrogen-bond donors (Lipinski definition) is 3. The first kappa shape index (κ1) is 13.6. The van der Waals surface area contributed by atoms with Crippen molar-refractivity contribution in [2.45, 2.75) is 12.6 Å². The van der Waals surface area contributed by atoms with Gasteiger partial charge in [0.1, 0.15) is 5.82 Å². The Morgan fingerprint density at radius 3 is 2.71 bits per heavy atom. The third-order valence-electron chi connectivity index (χ3n) is 3.40. The number of fused-ring (bicyclic) bond motifs is 1. The number of anilines is 1. The van der Waals surface area contributed by atoms with Gasteiger partial charge >= 0.3 is 0 Å². The summed E-state index contributed by atoms with van der Waals surface area (Å²) in [7, 11) is 0. The van der Waals surface area contributed by atoms with Crippen LogP contribution in [0.1, 0.15) is 0 Å². The molecule has 108 valence electrons. The molecule has 3 aromatic rings. The number of aliphatic hydroxyl groups is 2. The minimum absolute atomic E-state index is 0.279. The Morgan fingerprint density at radius 2 is 1.95 bits per heavy atom. The summed E-state index contributed by atoms with van der Waals surface area (Å²) in [6.45, 7) is -0.00990. The molecule has 1 heterocycles. The number of rotatable bonds is 4. The second kappa shape index (κ2) is 5.55. The standard InChI is InChI=1S/C16H17N3O2/c17-12-5-3-4-11(8-12)16-18-14-6-1-2-7-15(14)19(16)9-13(21)10-20/h1-8,13,20-21H,9-10,17H2. The molecule has 1 aromatic heterocycles. The first-order chi connectivity index (χ1) is 10.2. The maximum atomic E-state index is 9.79. The van der Waals surface area contributed by atoms with Gasteiger partial charge in [-0.2, -0.15) is 0 Å². The van der Waals surface area contributed by atoms with Crippen LogP contribution in [0.4, 0.5) is 5.69 Å². The van der Waals surface area contributed by atoms with Crippen LogP contribution < -0.4 is 5.73 Å². The van der Waals surface area contributed by atoms with Crippen molar-refractivity contribution in [2.24, 2.45) is 0 Å². The number of nitrogens with two attached hydrogens (primary N) is 1. The van der Waals surface area contributed by atoms with Crippen LogP contribution in [0, 0.1) is 0 Å². The Balaban J connectivity index is 2.18. The van der Waals surface area contributed by atoms with Crippen LogP contribution in [0.3, 0.4) is 0 Å². The van der Waals surface area contributed by atoms with Gasteiger partial charge in [-0.1, -0.05) is 24.3 Å². The Hall–Kier alpha value is -2.37. The second-order valence-corrected chi connectivity index (χ2v) is 5.00. The van der Waals surface area contributed by atoms with Gasteiger partial charge in [0.2, 0.25) is 0 Å². The Kier molecular flexibility index (Phi) is 3.60. The van der Waals surface area contributed by atoms with Crippen LogP contribution in [-0.2, 0) is 6.54 Å². The molecule has 0 bridgehead atoms. The van der Waals surface area contributed by atoms with Crippen molar-refractivity contribution in [3.05, 3.63) is 48.5 Å². The van der Waals surface area contributed by atoms with E-state index in [2.05, 4.69) is 4.98 Å². The van der Waals surface area contributed by atoms with Gasteiger partial charge in [-0.05, 0) is 24.3 Å². The Labute approximate surface area is 122 Å². The normalized spacial score (nSPS) is 12.7. The SMILES string of the molecule is Nc1cccc(-c2nc3ccccc3n2CC(O)CO)c1. The van der Waals surface area contributed by atoms with Crippen molar-refractivity contribution < 1.29 is 10.2 Å². The molecular formula is C16H17N3O2. The van der Waals surface area contributed by atoms with Gasteiger partial charge in [-0.3, -0.25) is 0 Å². The third kappa shape index (κ3) is 2.61. The summed E-state index contributed by atoms with van der Waals surface area (Å²) < 4.78 is 1.91. The largest absolute Gasteiger partial charge is 0.399 e. The van der Waals surface area contributed by atoms with Gasteiger partial charge in [0.05, 0.1) is 30.3 Å². The maximum Gasteiger partial charge on any atom is 0.141 e. The molecular weight excluding hydrogens is 266 g/mol. The molecule has 3 rings (SSSR count). The van der Waals surface area contributed by atoms with E-state index in [0.29, 0.717) is 5.69 Å². The molecule has 5 heteroatoms. The van der Waals surface area contributed by atoms with Crippen molar-refractivity contribution in [1.29, 1.82) is 0 Å². The summed E-state index contributed by atoms with van der Waals surface area (Å²) in [5.41, 5.74) is 9.15. The highest BCUT2D eigenvalue weighted by atomic mass is 16.3. The fourth-order valence-electron chi connectivity index (χ4n) is 2.43. The molecule has 5 nitrogen and oxygen atoms in total. The van der Waals surface area contributed by atoms with E-state index in [4.69, 9.17) is 10.8 Å². The second-order valence-electron chi connectivity index (χ2n) is 5.00. The van der Waals surface area contributed by atoms with Crippen LogP contribution in [0.15, 0.2) is 48.5 Å². The summed E-state index contributed by atoms with van der Waals surface area (Å²) in [6, 6.07) is 15.2. The smallest absolute Gasteiger partial charge is 0.141 e. The third-order valence-corrected chi connectivity index (χ3v) is 3.40. The molecule has 0 saturated heterocycles. The highest BCUT2D eigenvalue weighted by Gasteiger charge is 2.15. The maximum absolute atomic E-state index is 9.79. The van der Waals surface area contributed by atoms with Crippen molar-refractivity contribution >= 4 is 16.7 Å². The van der Waals surface area contributed by atoms with E-state index in [9.17, 15) is 5.11 Å². The summed E-state index contributed by atoms with van der Waals surface area (Å²) >= 11 is 0. The first-order valence-electron chi connectivity index (χ1n) is 6.79. The van der Waals surface area contributed by atoms with Crippen LogP contribution >= 0.6 is 0 Å². The monoisotopic (exact) mass is 283 g/mol. The molecule has 0 aliphatic carbocycles. The zero-order chi connectivity index (χ0) is 14.8. The lowest BCUT2D eigenvalue weighted by Crippen LogP contribution is -2.20. The van der Waals surface area contributed by atoms with E-state index in [-0.39, 0.29) is 13.2 Å². The number of nitrogen functional groups attached to an aromatic ring is 1. The van der Waals surface area contributed by atoms with E-state index >= 15 is 0 Å². The fraction of sp³-hybridized carbons (Fsp3) is 0.188. The lowest BCUT2D eigenvalue weighted by atomic mass is 10.2. The van der Waals surface area contributed by atoms with Crippen LogP contribution in [-0.4, -0.2) is 32.5 Å². The number of nitrogens with zero attached hydrogens (tertiary/aromatic N) is 2. The summed E-state index contributed by atoms with van der Waals surface area (Å²) in [6.07, 6.45) is -0.831. The van der Waals surface area contributed by atoms with E-state index in [1.54, 1.807) is 0 Å². The number of benzene rings is 2. The summed E-state index contributed by atoms with van der Waals surface area (Å²) in [5, 5.41) is 18.9. The molecule has 0 amide bonds. The highest BCUT2D eigenvalue weighted by Crippen LogP contribution is 2.26. The fourth-order valence-corrected chi connectivity index (χ4v) is 2.43. The number of para-hydroxylation sites is 2. The molecule has 0 spiro atoms. The van der Waals surface area contributed by atoms with Gasteiger partial charge in [-0.15, -0.1) is 0 Å². The Bertz CT molecular complexity index is 767. The first-order valence-corrected chi connectivity index (χ1v) is 6.79. The molecule has 0 aliphatic rings. The minimum Gasteiger partial charge on any atom is -0.399 e. The molecule has 4 N–H and O–H groups in total. The molecule has 0 aliphatic heterocycles. The van der Waals surface area contributed by atoms with Crippen LogP contribution in [0.2, 0.25) is 0 Å². The van der Waals surface area contributed by atoms with E-state index in [0.717, 1.165) is 22.4 Å². The van der Waals surface area contributed by atoms with Crippen LogP contribution in [0.25, 0.3) is 22.4 Å². The predicted molar refractivity (Wildman–Crippen MR) is 82.7 cm³/mol. The molecule has 2 aromatic carbocycles. The number of hydrogen-bond acceptors (Lipinski definition) is 4. The van der Waals surface area contributed by atoms with Crippen LogP contribution in [0.5, 0.6) is 0 Å². The zero-order valence-corrected chi connectivity index (χ0v) is 11.5. The lowest BCUT2D eigenvalue weighted by molar-refractivity contribution is 0.0824. The Morgan fingerprint density at radius 1 is 1.14 bits per heavy atom.